The number of fused-ring (bicyclic) bond motifs is 1. The Hall–Kier alpha value is -0.660. The topological polar surface area (TPSA) is 34.1 Å². The summed E-state index contributed by atoms with van der Waals surface area (Å²) in [5.41, 5.74) is 0.179. The first-order chi connectivity index (χ1) is 7.85. The van der Waals surface area contributed by atoms with Crippen molar-refractivity contribution in [2.24, 2.45) is 29.1 Å². The van der Waals surface area contributed by atoms with Crippen LogP contribution in [0.4, 0.5) is 0 Å². The van der Waals surface area contributed by atoms with E-state index in [0.717, 1.165) is 19.3 Å². The van der Waals surface area contributed by atoms with Gasteiger partial charge in [-0.3, -0.25) is 9.59 Å². The maximum atomic E-state index is 12.3. The quantitative estimate of drug-likeness (QED) is 0.647. The van der Waals surface area contributed by atoms with Gasteiger partial charge in [0.2, 0.25) is 0 Å². The number of carbonyl (C=O) groups excluding carboxylic acids is 2. The maximum absolute atomic E-state index is 12.3. The molecule has 0 spiro atoms. The SMILES string of the molecule is C[C@@H]1CCC2C(C(=O)[C@H](C)CCC1=O)C2(C)C. The van der Waals surface area contributed by atoms with Gasteiger partial charge in [0.1, 0.15) is 11.6 Å². The van der Waals surface area contributed by atoms with Crippen LogP contribution in [0.1, 0.15) is 53.4 Å². The van der Waals surface area contributed by atoms with Crippen molar-refractivity contribution in [1.29, 1.82) is 0 Å². The van der Waals surface area contributed by atoms with Gasteiger partial charge >= 0.3 is 0 Å². The molecule has 0 aliphatic heterocycles. The van der Waals surface area contributed by atoms with Gasteiger partial charge in [0.25, 0.3) is 0 Å². The monoisotopic (exact) mass is 236 g/mol. The first-order valence-corrected chi connectivity index (χ1v) is 6.92. The number of hydrogen-bond donors (Lipinski definition) is 0. The summed E-state index contributed by atoms with van der Waals surface area (Å²) in [6.45, 7) is 8.45. The smallest absolute Gasteiger partial charge is 0.139 e. The van der Waals surface area contributed by atoms with Crippen LogP contribution in [0, 0.1) is 29.1 Å². The molecule has 2 heteroatoms. The van der Waals surface area contributed by atoms with Crippen LogP contribution in [0.3, 0.4) is 0 Å². The number of Topliss-reactive ketones (excluding diaryl/α,β-unsaturated/α-hetero) is 2. The molecule has 2 saturated carbocycles. The zero-order chi connectivity index (χ0) is 12.8. The van der Waals surface area contributed by atoms with Crippen LogP contribution in [0.25, 0.3) is 0 Å². The van der Waals surface area contributed by atoms with E-state index < -0.39 is 0 Å². The largest absolute Gasteiger partial charge is 0.299 e. The van der Waals surface area contributed by atoms with Crippen molar-refractivity contribution >= 4 is 11.6 Å². The van der Waals surface area contributed by atoms with Gasteiger partial charge in [-0.05, 0) is 30.6 Å². The number of carbonyl (C=O) groups is 2. The summed E-state index contributed by atoms with van der Waals surface area (Å²) < 4.78 is 0. The van der Waals surface area contributed by atoms with E-state index in [9.17, 15) is 9.59 Å². The first-order valence-electron chi connectivity index (χ1n) is 6.92. The van der Waals surface area contributed by atoms with E-state index in [1.165, 1.54) is 0 Å². The molecule has 2 nitrogen and oxygen atoms in total. The molecule has 2 aliphatic rings. The Morgan fingerprint density at radius 1 is 1.00 bits per heavy atom. The second kappa shape index (κ2) is 4.22. The highest BCUT2D eigenvalue weighted by atomic mass is 16.1. The fourth-order valence-electron chi connectivity index (χ4n) is 3.49. The summed E-state index contributed by atoms with van der Waals surface area (Å²) >= 11 is 0. The standard InChI is InChI=1S/C15H24O2/c1-9-5-7-11-13(15(11,3)4)14(17)10(2)6-8-12(9)16/h9-11,13H,5-8H2,1-4H3/t9-,10-,11?,13?/m1/s1. The van der Waals surface area contributed by atoms with E-state index in [-0.39, 0.29) is 23.2 Å². The van der Waals surface area contributed by atoms with Crippen LogP contribution < -0.4 is 0 Å². The molecule has 96 valence electrons. The summed E-state index contributed by atoms with van der Waals surface area (Å²) in [6, 6.07) is 0. The van der Waals surface area contributed by atoms with Crippen molar-refractivity contribution < 1.29 is 9.59 Å². The molecule has 2 unspecified atom stereocenters. The minimum absolute atomic E-state index is 0.0681. The number of ketones is 2. The summed E-state index contributed by atoms with van der Waals surface area (Å²) in [5.74, 6) is 1.79. The van der Waals surface area contributed by atoms with E-state index in [4.69, 9.17) is 0 Å². The van der Waals surface area contributed by atoms with E-state index in [2.05, 4.69) is 13.8 Å². The van der Waals surface area contributed by atoms with Crippen LogP contribution in [-0.4, -0.2) is 11.6 Å². The number of hydrogen-bond acceptors (Lipinski definition) is 2. The van der Waals surface area contributed by atoms with Gasteiger partial charge in [-0.2, -0.15) is 0 Å². The summed E-state index contributed by atoms with van der Waals surface area (Å²) in [5, 5.41) is 0. The Bertz CT molecular complexity index is 343. The Labute approximate surface area is 104 Å². The molecular weight excluding hydrogens is 212 g/mol. The molecule has 0 aromatic heterocycles. The van der Waals surface area contributed by atoms with Gasteiger partial charge in [0.05, 0.1) is 0 Å². The predicted octanol–water partition coefficient (Wildman–Crippen LogP) is 3.24. The van der Waals surface area contributed by atoms with Gasteiger partial charge in [-0.1, -0.05) is 27.7 Å². The van der Waals surface area contributed by atoms with Crippen molar-refractivity contribution in [3.63, 3.8) is 0 Å². The van der Waals surface area contributed by atoms with Crippen LogP contribution in [-0.2, 0) is 9.59 Å². The average Bonchev–Trinajstić information content (AvgIpc) is 2.82. The summed E-state index contributed by atoms with van der Waals surface area (Å²) in [6.07, 6.45) is 3.35. The van der Waals surface area contributed by atoms with Gasteiger partial charge in [-0.15, -0.1) is 0 Å². The molecule has 0 aromatic rings. The van der Waals surface area contributed by atoms with Crippen LogP contribution in [0.2, 0.25) is 0 Å². The fraction of sp³-hybridized carbons (Fsp3) is 0.867. The molecule has 0 N–H and O–H groups in total. The van der Waals surface area contributed by atoms with Gasteiger partial charge in [0.15, 0.2) is 0 Å². The van der Waals surface area contributed by atoms with Crippen molar-refractivity contribution in [1.82, 2.24) is 0 Å². The lowest BCUT2D eigenvalue weighted by Crippen LogP contribution is -2.20. The summed E-state index contributed by atoms with van der Waals surface area (Å²) in [4.78, 5) is 24.2. The molecule has 0 aromatic carbocycles. The zero-order valence-electron chi connectivity index (χ0n) is 11.5. The average molecular weight is 236 g/mol. The van der Waals surface area contributed by atoms with E-state index in [1.807, 2.05) is 13.8 Å². The molecule has 4 atom stereocenters. The molecule has 0 amide bonds. The molecule has 0 saturated heterocycles. The third-order valence-corrected chi connectivity index (χ3v) is 5.13. The van der Waals surface area contributed by atoms with Crippen molar-refractivity contribution in [2.75, 3.05) is 0 Å². The predicted molar refractivity (Wildman–Crippen MR) is 67.6 cm³/mol. The Balaban J connectivity index is 2.14. The minimum atomic E-state index is 0.0681. The molecule has 2 rings (SSSR count). The first kappa shape index (κ1) is 12.8. The molecule has 0 heterocycles. The van der Waals surface area contributed by atoms with E-state index in [0.29, 0.717) is 23.9 Å². The molecular formula is C15H24O2. The van der Waals surface area contributed by atoms with Gasteiger partial charge in [-0.25, -0.2) is 0 Å². The maximum Gasteiger partial charge on any atom is 0.139 e. The molecule has 2 aliphatic carbocycles. The van der Waals surface area contributed by atoms with E-state index >= 15 is 0 Å². The van der Waals surface area contributed by atoms with Crippen molar-refractivity contribution in [2.45, 2.75) is 53.4 Å². The zero-order valence-corrected chi connectivity index (χ0v) is 11.5. The lowest BCUT2D eigenvalue weighted by molar-refractivity contribution is -0.126. The molecule has 0 bridgehead atoms. The lowest BCUT2D eigenvalue weighted by Gasteiger charge is -2.15. The van der Waals surface area contributed by atoms with Crippen LogP contribution in [0.15, 0.2) is 0 Å². The number of rotatable bonds is 0. The van der Waals surface area contributed by atoms with Crippen molar-refractivity contribution in [3.05, 3.63) is 0 Å². The van der Waals surface area contributed by atoms with Crippen LogP contribution >= 0.6 is 0 Å². The van der Waals surface area contributed by atoms with Gasteiger partial charge < -0.3 is 0 Å². The molecule has 2 fully saturated rings. The highest BCUT2D eigenvalue weighted by Crippen LogP contribution is 2.62. The fourth-order valence-corrected chi connectivity index (χ4v) is 3.49. The second-order valence-electron chi connectivity index (χ2n) is 6.69. The third kappa shape index (κ3) is 2.19. The third-order valence-electron chi connectivity index (χ3n) is 5.13. The highest BCUT2D eigenvalue weighted by molar-refractivity contribution is 5.88. The van der Waals surface area contributed by atoms with Crippen LogP contribution in [0.5, 0.6) is 0 Å². The Morgan fingerprint density at radius 2 is 1.65 bits per heavy atom. The second-order valence-corrected chi connectivity index (χ2v) is 6.69. The van der Waals surface area contributed by atoms with Crippen molar-refractivity contribution in [3.8, 4) is 0 Å². The molecule has 0 radical (unpaired) electrons. The Morgan fingerprint density at radius 3 is 2.29 bits per heavy atom. The minimum Gasteiger partial charge on any atom is -0.299 e. The van der Waals surface area contributed by atoms with Gasteiger partial charge in [0, 0.05) is 24.2 Å². The normalized spacial score (nSPS) is 41.9. The lowest BCUT2D eigenvalue weighted by atomic mass is 9.88. The molecule has 17 heavy (non-hydrogen) atoms. The Kier molecular flexibility index (Phi) is 3.17. The van der Waals surface area contributed by atoms with E-state index in [1.54, 1.807) is 0 Å². The highest BCUT2D eigenvalue weighted by Gasteiger charge is 2.61. The summed E-state index contributed by atoms with van der Waals surface area (Å²) in [7, 11) is 0.